The van der Waals surface area contributed by atoms with E-state index in [1.807, 2.05) is 0 Å². The van der Waals surface area contributed by atoms with E-state index < -0.39 is 0 Å². The number of carbonyl (C=O) groups is 2. The summed E-state index contributed by atoms with van der Waals surface area (Å²) in [5.74, 6) is 0.812. The Bertz CT molecular complexity index is 629. The number of aryl methyl sites for hydroxylation is 1. The quantitative estimate of drug-likeness (QED) is 0.805. The minimum atomic E-state index is -0.197. The standard InChI is InChI=1S/C21H30N2O2/c1-14(4-9-21(25)22-13-24)16-5-8-20(15(2)10-16)17-11-18-6-7-19(12-17)23(18)3/h5,8,10,13-14,17-19H,4,6-7,9,11-12H2,1-3H3,(H,22,24,25). The van der Waals surface area contributed by atoms with Crippen LogP contribution in [-0.2, 0) is 9.59 Å². The van der Waals surface area contributed by atoms with Gasteiger partial charge >= 0.3 is 0 Å². The van der Waals surface area contributed by atoms with Crippen LogP contribution in [0.25, 0.3) is 0 Å². The van der Waals surface area contributed by atoms with E-state index in [4.69, 9.17) is 0 Å². The number of piperidine rings is 1. The maximum atomic E-state index is 11.5. The van der Waals surface area contributed by atoms with Crippen molar-refractivity contribution in [3.8, 4) is 0 Å². The van der Waals surface area contributed by atoms with Crippen molar-refractivity contribution in [3.05, 3.63) is 34.9 Å². The second-order valence-electron chi connectivity index (χ2n) is 7.96. The van der Waals surface area contributed by atoms with Crippen molar-refractivity contribution in [1.82, 2.24) is 10.2 Å². The monoisotopic (exact) mass is 342 g/mol. The lowest BCUT2D eigenvalue weighted by Gasteiger charge is -2.37. The van der Waals surface area contributed by atoms with Gasteiger partial charge < -0.3 is 4.90 Å². The smallest absolute Gasteiger partial charge is 0.226 e. The van der Waals surface area contributed by atoms with E-state index in [0.717, 1.165) is 18.5 Å². The van der Waals surface area contributed by atoms with Crippen LogP contribution in [0.1, 0.15) is 74.0 Å². The average Bonchev–Trinajstić information content (AvgIpc) is 2.81. The molecule has 4 heteroatoms. The first-order valence-electron chi connectivity index (χ1n) is 9.55. The van der Waals surface area contributed by atoms with Gasteiger partial charge in [-0.3, -0.25) is 14.9 Å². The third-order valence-corrected chi connectivity index (χ3v) is 6.43. The fraction of sp³-hybridized carbons (Fsp3) is 0.619. The van der Waals surface area contributed by atoms with Gasteiger partial charge in [0.25, 0.3) is 0 Å². The van der Waals surface area contributed by atoms with Gasteiger partial charge in [-0.2, -0.15) is 0 Å². The lowest BCUT2D eigenvalue weighted by molar-refractivity contribution is -0.125. The van der Waals surface area contributed by atoms with Gasteiger partial charge in [-0.05, 0) is 74.6 Å². The molecule has 1 N–H and O–H groups in total. The van der Waals surface area contributed by atoms with Crippen LogP contribution in [0.4, 0.5) is 0 Å². The van der Waals surface area contributed by atoms with E-state index in [9.17, 15) is 9.59 Å². The molecule has 2 aliphatic heterocycles. The normalized spacial score (nSPS) is 27.1. The number of amides is 2. The fourth-order valence-electron chi connectivity index (χ4n) is 4.78. The second-order valence-corrected chi connectivity index (χ2v) is 7.96. The summed E-state index contributed by atoms with van der Waals surface area (Å²) in [6.45, 7) is 4.38. The topological polar surface area (TPSA) is 49.4 Å². The van der Waals surface area contributed by atoms with Crippen molar-refractivity contribution in [3.63, 3.8) is 0 Å². The third kappa shape index (κ3) is 3.95. The molecule has 136 valence electrons. The number of hydrogen-bond acceptors (Lipinski definition) is 3. The number of carbonyl (C=O) groups excluding carboxylic acids is 2. The molecule has 3 atom stereocenters. The molecule has 2 bridgehead atoms. The van der Waals surface area contributed by atoms with E-state index in [-0.39, 0.29) is 5.91 Å². The molecule has 4 nitrogen and oxygen atoms in total. The summed E-state index contributed by atoms with van der Waals surface area (Å²) in [6, 6.07) is 8.39. The highest BCUT2D eigenvalue weighted by Crippen LogP contribution is 2.43. The molecule has 3 unspecified atom stereocenters. The Labute approximate surface area is 151 Å². The van der Waals surface area contributed by atoms with Gasteiger partial charge in [-0.1, -0.05) is 25.1 Å². The van der Waals surface area contributed by atoms with Gasteiger partial charge in [0.05, 0.1) is 0 Å². The SMILES string of the molecule is Cc1cc(C(C)CCC(=O)NC=O)ccc1C1CC2CCC(C1)N2C. The largest absolute Gasteiger partial charge is 0.300 e. The summed E-state index contributed by atoms with van der Waals surface area (Å²) in [7, 11) is 2.29. The Balaban J connectivity index is 1.65. The molecule has 3 rings (SSSR count). The minimum Gasteiger partial charge on any atom is -0.300 e. The molecule has 2 amide bonds. The van der Waals surface area contributed by atoms with E-state index in [1.54, 1.807) is 0 Å². The van der Waals surface area contributed by atoms with Gasteiger partial charge in [0.1, 0.15) is 0 Å². The summed E-state index contributed by atoms with van der Waals surface area (Å²) < 4.78 is 0. The third-order valence-electron chi connectivity index (χ3n) is 6.43. The Morgan fingerprint density at radius 1 is 1.32 bits per heavy atom. The lowest BCUT2D eigenvalue weighted by atomic mass is 9.82. The van der Waals surface area contributed by atoms with E-state index >= 15 is 0 Å². The van der Waals surface area contributed by atoms with Gasteiger partial charge in [0, 0.05) is 18.5 Å². The molecule has 0 aromatic heterocycles. The Morgan fingerprint density at radius 2 is 2.00 bits per heavy atom. The van der Waals surface area contributed by atoms with Crippen LogP contribution >= 0.6 is 0 Å². The zero-order chi connectivity index (χ0) is 18.0. The van der Waals surface area contributed by atoms with Crippen LogP contribution in [0.3, 0.4) is 0 Å². The number of hydrogen-bond donors (Lipinski definition) is 1. The zero-order valence-electron chi connectivity index (χ0n) is 15.6. The summed E-state index contributed by atoms with van der Waals surface area (Å²) in [4.78, 5) is 24.3. The molecule has 0 spiro atoms. The number of nitrogens with one attached hydrogen (secondary N) is 1. The van der Waals surface area contributed by atoms with Gasteiger partial charge in [-0.25, -0.2) is 0 Å². The van der Waals surface area contributed by atoms with E-state index in [1.165, 1.54) is 42.4 Å². The molecule has 25 heavy (non-hydrogen) atoms. The second kappa shape index (κ2) is 7.69. The first kappa shape index (κ1) is 18.1. The van der Waals surface area contributed by atoms with Crippen molar-refractivity contribution in [2.45, 2.75) is 76.3 Å². The first-order chi connectivity index (χ1) is 12.0. The summed E-state index contributed by atoms with van der Waals surface area (Å²) in [6.07, 6.45) is 6.89. The van der Waals surface area contributed by atoms with Crippen molar-refractivity contribution < 1.29 is 9.59 Å². The van der Waals surface area contributed by atoms with Crippen LogP contribution in [0.2, 0.25) is 0 Å². The average molecular weight is 342 g/mol. The van der Waals surface area contributed by atoms with E-state index in [2.05, 4.69) is 49.3 Å². The predicted molar refractivity (Wildman–Crippen MR) is 99.6 cm³/mol. The Kier molecular flexibility index (Phi) is 5.57. The van der Waals surface area contributed by atoms with Crippen LogP contribution in [-0.4, -0.2) is 36.3 Å². The van der Waals surface area contributed by atoms with Crippen LogP contribution in [0.5, 0.6) is 0 Å². The van der Waals surface area contributed by atoms with Crippen LogP contribution < -0.4 is 5.32 Å². The molecular weight excluding hydrogens is 312 g/mol. The van der Waals surface area contributed by atoms with Crippen LogP contribution in [0, 0.1) is 6.92 Å². The highest BCUT2D eigenvalue weighted by molar-refractivity contribution is 5.85. The predicted octanol–water partition coefficient (Wildman–Crippen LogP) is 3.49. The van der Waals surface area contributed by atoms with Gasteiger partial charge in [0.2, 0.25) is 12.3 Å². The molecule has 1 aromatic carbocycles. The molecule has 0 saturated carbocycles. The Hall–Kier alpha value is -1.68. The first-order valence-corrected chi connectivity index (χ1v) is 9.55. The number of fused-ring (bicyclic) bond motifs is 2. The highest BCUT2D eigenvalue weighted by atomic mass is 16.2. The van der Waals surface area contributed by atoms with Crippen LogP contribution in [0.15, 0.2) is 18.2 Å². The highest BCUT2D eigenvalue weighted by Gasteiger charge is 2.39. The number of benzene rings is 1. The molecule has 0 radical (unpaired) electrons. The molecule has 0 aliphatic carbocycles. The van der Waals surface area contributed by atoms with Crippen molar-refractivity contribution in [1.29, 1.82) is 0 Å². The molecule has 2 fully saturated rings. The maximum Gasteiger partial charge on any atom is 0.226 e. The minimum absolute atomic E-state index is 0.197. The maximum absolute atomic E-state index is 11.5. The fourth-order valence-corrected chi connectivity index (χ4v) is 4.78. The van der Waals surface area contributed by atoms with E-state index in [0.29, 0.717) is 24.7 Å². The number of nitrogens with zero attached hydrogens (tertiary/aromatic N) is 1. The van der Waals surface area contributed by atoms with Crippen molar-refractivity contribution >= 4 is 12.3 Å². The van der Waals surface area contributed by atoms with Gasteiger partial charge in [0.15, 0.2) is 0 Å². The van der Waals surface area contributed by atoms with Crippen molar-refractivity contribution in [2.24, 2.45) is 0 Å². The lowest BCUT2D eigenvalue weighted by Crippen LogP contribution is -2.39. The molecule has 2 saturated heterocycles. The zero-order valence-corrected chi connectivity index (χ0v) is 15.6. The number of rotatable bonds is 6. The van der Waals surface area contributed by atoms with Crippen molar-refractivity contribution in [2.75, 3.05) is 7.05 Å². The molecule has 2 aliphatic rings. The number of imide groups is 1. The Morgan fingerprint density at radius 3 is 2.60 bits per heavy atom. The summed E-state index contributed by atoms with van der Waals surface area (Å²) in [5, 5.41) is 2.21. The molecule has 2 heterocycles. The molecular formula is C21H30N2O2. The molecule has 1 aromatic rings. The summed E-state index contributed by atoms with van der Waals surface area (Å²) in [5.41, 5.74) is 4.19. The summed E-state index contributed by atoms with van der Waals surface area (Å²) >= 11 is 0. The van der Waals surface area contributed by atoms with Gasteiger partial charge in [-0.15, -0.1) is 0 Å².